The Morgan fingerprint density at radius 1 is 0.483 bits per heavy atom. The van der Waals surface area contributed by atoms with Crippen LogP contribution in [0, 0.1) is 11.8 Å². The molecule has 2 N–H and O–H groups in total. The predicted octanol–water partition coefficient (Wildman–Crippen LogP) is 5.14. The maximum atomic E-state index is 13.5. The fourth-order valence-electron chi connectivity index (χ4n) is 3.45. The van der Waals surface area contributed by atoms with Crippen molar-refractivity contribution in [3.05, 3.63) is 0 Å². The van der Waals surface area contributed by atoms with Gasteiger partial charge in [0, 0.05) is 11.8 Å². The molecular formula is C13H12F14O2. The van der Waals surface area contributed by atoms with Gasteiger partial charge in [-0.25, -0.2) is 0 Å². The van der Waals surface area contributed by atoms with Gasteiger partial charge in [0.05, 0.1) is 0 Å². The summed E-state index contributed by atoms with van der Waals surface area (Å²) in [5.41, 5.74) is -11.7. The van der Waals surface area contributed by atoms with Gasteiger partial charge in [0.25, 0.3) is 5.60 Å². The molecule has 174 valence electrons. The van der Waals surface area contributed by atoms with Crippen molar-refractivity contribution in [1.29, 1.82) is 0 Å². The van der Waals surface area contributed by atoms with Crippen LogP contribution in [0.2, 0.25) is 0 Å². The van der Waals surface area contributed by atoms with Crippen LogP contribution in [0.15, 0.2) is 0 Å². The van der Waals surface area contributed by atoms with Gasteiger partial charge in [0.1, 0.15) is 0 Å². The van der Waals surface area contributed by atoms with E-state index in [2.05, 4.69) is 0 Å². The smallest absolute Gasteiger partial charge is 0.375 e. The Hall–Kier alpha value is -1.06. The molecule has 0 spiro atoms. The van der Waals surface area contributed by atoms with Gasteiger partial charge in [-0.2, -0.15) is 61.5 Å². The molecule has 0 heterocycles. The van der Waals surface area contributed by atoms with E-state index in [-0.39, 0.29) is 0 Å². The predicted molar refractivity (Wildman–Crippen MR) is 64.5 cm³/mol. The second-order valence-electron chi connectivity index (χ2n) is 6.66. The fourth-order valence-corrected chi connectivity index (χ4v) is 3.45. The molecule has 0 radical (unpaired) electrons. The van der Waals surface area contributed by atoms with E-state index in [0.29, 0.717) is 0 Å². The molecule has 0 aromatic carbocycles. The SMILES string of the molecule is OC(C1CCCC(C(O)(C(F)(F)F)C(F)(F)C(F)(F)F)C1)(C(F)(F)F)C(F)(F)F. The molecule has 16 heteroatoms. The lowest BCUT2D eigenvalue weighted by Gasteiger charge is -2.48. The summed E-state index contributed by atoms with van der Waals surface area (Å²) in [6, 6.07) is 0. The zero-order valence-corrected chi connectivity index (χ0v) is 13.7. The summed E-state index contributed by atoms with van der Waals surface area (Å²) >= 11 is 0. The molecule has 1 aliphatic rings. The molecule has 2 nitrogen and oxygen atoms in total. The summed E-state index contributed by atoms with van der Waals surface area (Å²) in [4.78, 5) is 0. The maximum absolute atomic E-state index is 13.5. The van der Waals surface area contributed by atoms with E-state index in [1.807, 2.05) is 0 Å². The second kappa shape index (κ2) is 6.99. The molecule has 0 aromatic heterocycles. The van der Waals surface area contributed by atoms with Gasteiger partial charge >= 0.3 is 30.6 Å². The van der Waals surface area contributed by atoms with Crippen molar-refractivity contribution in [3.8, 4) is 0 Å². The highest BCUT2D eigenvalue weighted by Crippen LogP contribution is 2.59. The van der Waals surface area contributed by atoms with Crippen LogP contribution in [-0.2, 0) is 0 Å². The monoisotopic (exact) mass is 466 g/mol. The van der Waals surface area contributed by atoms with Crippen molar-refractivity contribution in [2.75, 3.05) is 0 Å². The molecule has 3 unspecified atom stereocenters. The highest BCUT2D eigenvalue weighted by Gasteiger charge is 2.82. The second-order valence-corrected chi connectivity index (χ2v) is 6.66. The normalized spacial score (nSPS) is 25.7. The Kier molecular flexibility index (Phi) is 6.26. The van der Waals surface area contributed by atoms with Crippen molar-refractivity contribution in [2.45, 2.75) is 67.5 Å². The molecule has 0 amide bonds. The van der Waals surface area contributed by atoms with Gasteiger partial charge in [-0.3, -0.25) is 0 Å². The fraction of sp³-hybridized carbons (Fsp3) is 1.00. The van der Waals surface area contributed by atoms with E-state index < -0.39 is 79.3 Å². The first-order valence-corrected chi connectivity index (χ1v) is 7.55. The summed E-state index contributed by atoms with van der Waals surface area (Å²) < 4.78 is 181. The maximum Gasteiger partial charge on any atom is 0.456 e. The zero-order valence-electron chi connectivity index (χ0n) is 13.7. The van der Waals surface area contributed by atoms with Crippen LogP contribution >= 0.6 is 0 Å². The number of aliphatic hydroxyl groups is 2. The molecule has 1 saturated carbocycles. The minimum atomic E-state index is -7.03. The molecule has 0 bridgehead atoms. The van der Waals surface area contributed by atoms with E-state index in [9.17, 15) is 71.7 Å². The molecule has 29 heavy (non-hydrogen) atoms. The molecule has 0 aliphatic heterocycles. The Labute approximate surface area is 152 Å². The average Bonchev–Trinajstić information content (AvgIpc) is 2.48. The first-order chi connectivity index (χ1) is 12.5. The Bertz CT molecular complexity index is 572. The summed E-state index contributed by atoms with van der Waals surface area (Å²) in [5.74, 6) is -13.6. The Balaban J connectivity index is 3.55. The summed E-state index contributed by atoms with van der Waals surface area (Å²) in [5, 5.41) is 18.6. The van der Waals surface area contributed by atoms with Gasteiger partial charge in [-0.05, 0) is 19.3 Å². The molecule has 1 rings (SSSR count). The van der Waals surface area contributed by atoms with Crippen molar-refractivity contribution in [2.24, 2.45) is 11.8 Å². The van der Waals surface area contributed by atoms with Crippen LogP contribution in [0.25, 0.3) is 0 Å². The van der Waals surface area contributed by atoms with Crippen LogP contribution in [0.3, 0.4) is 0 Å². The van der Waals surface area contributed by atoms with Crippen LogP contribution in [-0.4, -0.2) is 52.0 Å². The molecular weight excluding hydrogens is 454 g/mol. The van der Waals surface area contributed by atoms with Crippen LogP contribution in [0.4, 0.5) is 61.5 Å². The highest BCUT2D eigenvalue weighted by atomic mass is 19.4. The van der Waals surface area contributed by atoms with Gasteiger partial charge in [0.15, 0.2) is 0 Å². The molecule has 0 saturated heterocycles. The lowest BCUT2D eigenvalue weighted by molar-refractivity contribution is -0.422. The van der Waals surface area contributed by atoms with Crippen LogP contribution in [0.1, 0.15) is 25.7 Å². The lowest BCUT2D eigenvalue weighted by Crippen LogP contribution is -2.70. The molecule has 1 aliphatic carbocycles. The minimum absolute atomic E-state index is 1.13. The number of alkyl halides is 14. The number of halogens is 14. The minimum Gasteiger partial charge on any atom is -0.375 e. The Morgan fingerprint density at radius 2 is 0.793 bits per heavy atom. The quantitative estimate of drug-likeness (QED) is 0.566. The van der Waals surface area contributed by atoms with E-state index in [0.717, 1.165) is 0 Å². The lowest BCUT2D eigenvalue weighted by atomic mass is 9.65. The topological polar surface area (TPSA) is 40.5 Å². The first-order valence-electron chi connectivity index (χ1n) is 7.55. The van der Waals surface area contributed by atoms with E-state index in [4.69, 9.17) is 0 Å². The highest BCUT2D eigenvalue weighted by molar-refractivity contribution is 5.10. The molecule has 0 aromatic rings. The molecule has 3 atom stereocenters. The third-order valence-corrected chi connectivity index (χ3v) is 4.99. The van der Waals surface area contributed by atoms with Gasteiger partial charge in [0.2, 0.25) is 5.60 Å². The first kappa shape index (κ1) is 26.0. The summed E-state index contributed by atoms with van der Waals surface area (Å²) in [6.45, 7) is 0. The third-order valence-electron chi connectivity index (χ3n) is 4.99. The van der Waals surface area contributed by atoms with Crippen LogP contribution in [0.5, 0.6) is 0 Å². The number of hydrogen-bond acceptors (Lipinski definition) is 2. The number of hydrogen-bond donors (Lipinski definition) is 2. The van der Waals surface area contributed by atoms with Gasteiger partial charge in [-0.1, -0.05) is 6.42 Å². The van der Waals surface area contributed by atoms with E-state index >= 15 is 0 Å². The standard InChI is InChI=1S/C13H12F14O2/c14-9(15,13(25,26)27)7(28,10(16,17)18)5-2-1-3-6(4-5)8(29,11(19,20)21)12(22,23)24/h5-6,28-29H,1-4H2. The van der Waals surface area contributed by atoms with Gasteiger partial charge < -0.3 is 10.2 Å². The van der Waals surface area contributed by atoms with Gasteiger partial charge in [-0.15, -0.1) is 0 Å². The van der Waals surface area contributed by atoms with Crippen molar-refractivity contribution in [1.82, 2.24) is 0 Å². The van der Waals surface area contributed by atoms with Crippen LogP contribution < -0.4 is 0 Å². The van der Waals surface area contributed by atoms with E-state index in [1.54, 1.807) is 0 Å². The van der Waals surface area contributed by atoms with Crippen molar-refractivity contribution < 1.29 is 71.7 Å². The van der Waals surface area contributed by atoms with Crippen molar-refractivity contribution in [3.63, 3.8) is 0 Å². The average molecular weight is 466 g/mol. The van der Waals surface area contributed by atoms with E-state index in [1.165, 1.54) is 0 Å². The summed E-state index contributed by atoms with van der Waals surface area (Å²) in [6.07, 6.45) is -33.0. The Morgan fingerprint density at radius 3 is 1.07 bits per heavy atom. The zero-order chi connectivity index (χ0) is 23.5. The molecule has 1 fully saturated rings. The third kappa shape index (κ3) is 3.85. The summed E-state index contributed by atoms with van der Waals surface area (Å²) in [7, 11) is 0. The van der Waals surface area contributed by atoms with Crippen molar-refractivity contribution >= 4 is 0 Å². The largest absolute Gasteiger partial charge is 0.456 e. The number of rotatable bonds is 3.